The van der Waals surface area contributed by atoms with Crippen LogP contribution >= 0.6 is 0 Å². The van der Waals surface area contributed by atoms with Crippen LogP contribution in [0.2, 0.25) is 0 Å². The maximum Gasteiger partial charge on any atom is 0.104 e. The van der Waals surface area contributed by atoms with Crippen molar-refractivity contribution in [1.29, 1.82) is 10.5 Å². The van der Waals surface area contributed by atoms with Gasteiger partial charge in [0.15, 0.2) is 0 Å². The van der Waals surface area contributed by atoms with E-state index in [0.29, 0.717) is 22.5 Å². The van der Waals surface area contributed by atoms with E-state index in [4.69, 9.17) is 0 Å². The molecule has 11 aromatic rings. The fourth-order valence-corrected chi connectivity index (χ4v) is 10.3. The highest BCUT2D eigenvalue weighted by Crippen LogP contribution is 2.53. The van der Waals surface area contributed by atoms with Gasteiger partial charge in [-0.15, -0.1) is 0 Å². The van der Waals surface area contributed by atoms with Crippen molar-refractivity contribution in [2.24, 2.45) is 0 Å². The van der Waals surface area contributed by atoms with Crippen molar-refractivity contribution in [2.75, 3.05) is 0 Å². The second-order valence-corrected chi connectivity index (χ2v) is 15.0. The normalized spacial score (nSPS) is 12.2. The molecule has 0 fully saturated rings. The third-order valence-electron chi connectivity index (χ3n) is 12.4. The van der Waals surface area contributed by atoms with E-state index >= 15 is 0 Å². The van der Waals surface area contributed by atoms with E-state index in [1.165, 1.54) is 55.3 Å². The topological polar surface area (TPSA) is 57.4 Å². The number of para-hydroxylation sites is 2. The second kappa shape index (κ2) is 10.4. The summed E-state index contributed by atoms with van der Waals surface area (Å²) in [7, 11) is 0. The summed E-state index contributed by atoms with van der Waals surface area (Å²) in [4.78, 5) is 0. The number of nitriles is 2. The summed E-state index contributed by atoms with van der Waals surface area (Å²) in [6.45, 7) is 0. The summed E-state index contributed by atoms with van der Waals surface area (Å²) in [5.74, 6) is 0. The van der Waals surface area contributed by atoms with Gasteiger partial charge < -0.3 is 9.13 Å². The third-order valence-corrected chi connectivity index (χ3v) is 12.4. The molecule has 0 radical (unpaired) electrons. The van der Waals surface area contributed by atoms with Crippen LogP contribution in [0.4, 0.5) is 0 Å². The summed E-state index contributed by atoms with van der Waals surface area (Å²) >= 11 is 0. The molecule has 0 bridgehead atoms. The first-order valence-corrected chi connectivity index (χ1v) is 18.9. The molecule has 4 heteroatoms. The van der Waals surface area contributed by atoms with Gasteiger partial charge in [-0.1, -0.05) is 121 Å². The predicted octanol–water partition coefficient (Wildman–Crippen LogP) is 13.2. The quantitative estimate of drug-likeness (QED) is 0.180. The molecule has 0 N–H and O–H groups in total. The highest BCUT2D eigenvalue weighted by atomic mass is 15.0. The smallest absolute Gasteiger partial charge is 0.104 e. The zero-order valence-corrected chi connectivity index (χ0v) is 29.8. The summed E-state index contributed by atoms with van der Waals surface area (Å²) in [6.07, 6.45) is 0. The summed E-state index contributed by atoms with van der Waals surface area (Å²) in [5.41, 5.74) is 16.2. The lowest BCUT2D eigenvalue weighted by Crippen LogP contribution is -2.06. The van der Waals surface area contributed by atoms with Gasteiger partial charge in [0.1, 0.15) is 11.6 Å². The van der Waals surface area contributed by atoms with Crippen LogP contribution in [-0.4, -0.2) is 9.13 Å². The maximum atomic E-state index is 11.4. The molecule has 0 saturated heterocycles. The highest BCUT2D eigenvalue weighted by Gasteiger charge is 2.29. The summed E-state index contributed by atoms with van der Waals surface area (Å²) in [6, 6.07) is 61.0. The zero-order valence-electron chi connectivity index (χ0n) is 29.8. The van der Waals surface area contributed by atoms with Crippen molar-refractivity contribution < 1.29 is 0 Å². The van der Waals surface area contributed by atoms with Crippen LogP contribution in [0.1, 0.15) is 11.1 Å². The predicted molar refractivity (Wildman–Crippen MR) is 228 cm³/mol. The lowest BCUT2D eigenvalue weighted by Gasteiger charge is -2.18. The Hall–Kier alpha value is -7.92. The lowest BCUT2D eigenvalue weighted by atomic mass is 9.98. The Morgan fingerprint density at radius 1 is 0.339 bits per heavy atom. The fourth-order valence-electron chi connectivity index (χ4n) is 10.3. The molecular formula is C52H26N4. The van der Waals surface area contributed by atoms with E-state index in [2.05, 4.69) is 167 Å². The Balaban J connectivity index is 1.20. The van der Waals surface area contributed by atoms with Gasteiger partial charge >= 0.3 is 0 Å². The van der Waals surface area contributed by atoms with E-state index in [1.54, 1.807) is 0 Å². The van der Waals surface area contributed by atoms with E-state index in [1.807, 2.05) is 12.1 Å². The van der Waals surface area contributed by atoms with Crippen molar-refractivity contribution >= 4 is 65.2 Å². The Morgan fingerprint density at radius 3 is 1.18 bits per heavy atom. The van der Waals surface area contributed by atoms with Crippen LogP contribution in [-0.2, 0) is 0 Å². The molecule has 9 aromatic carbocycles. The van der Waals surface area contributed by atoms with Crippen molar-refractivity contribution in [3.05, 3.63) is 169 Å². The highest BCUT2D eigenvalue weighted by molar-refractivity contribution is 6.29. The first kappa shape index (κ1) is 29.5. The van der Waals surface area contributed by atoms with Gasteiger partial charge in [0, 0.05) is 32.3 Å². The summed E-state index contributed by atoms with van der Waals surface area (Å²) < 4.78 is 4.49. The van der Waals surface area contributed by atoms with Gasteiger partial charge in [-0.05, 0) is 91.7 Å². The zero-order chi connectivity index (χ0) is 36.8. The van der Waals surface area contributed by atoms with Gasteiger partial charge in [-0.2, -0.15) is 10.5 Å². The van der Waals surface area contributed by atoms with Gasteiger partial charge in [0.2, 0.25) is 0 Å². The van der Waals surface area contributed by atoms with Gasteiger partial charge in [0.25, 0.3) is 0 Å². The molecule has 2 aliphatic carbocycles. The molecule has 0 aliphatic heterocycles. The minimum Gasteiger partial charge on any atom is -0.307 e. The first-order chi connectivity index (χ1) is 27.7. The number of hydrogen-bond acceptors (Lipinski definition) is 2. The van der Waals surface area contributed by atoms with E-state index in [-0.39, 0.29) is 0 Å². The summed E-state index contributed by atoms with van der Waals surface area (Å²) in [5, 5.41) is 31.3. The van der Waals surface area contributed by atoms with Crippen molar-refractivity contribution in [2.45, 2.75) is 0 Å². The van der Waals surface area contributed by atoms with Crippen LogP contribution in [0.3, 0.4) is 0 Å². The number of fused-ring (bicyclic) bond motifs is 14. The molecule has 0 amide bonds. The number of benzene rings is 9. The molecule has 254 valence electrons. The van der Waals surface area contributed by atoms with Gasteiger partial charge in [-0.3, -0.25) is 0 Å². The minimum atomic E-state index is 0.488. The standard InChI is InChI=1S/C52H26N4/c53-27-29-23-47(55-45-21-7-5-15-34(45)42-25-40-32-13-3-1-11-30(32)36-17-9-19-38(49(36)40)51(42)55)44(28-54)48(24-29)56-46-22-8-6-16-35(46)43-26-41-33-14-4-2-12-31(33)37-18-10-20-39(50(37)41)52(43)56/h1-26H. The van der Waals surface area contributed by atoms with Crippen LogP contribution in [0, 0.1) is 22.7 Å². The molecule has 0 unspecified atom stereocenters. The largest absolute Gasteiger partial charge is 0.307 e. The van der Waals surface area contributed by atoms with E-state index in [9.17, 15) is 10.5 Å². The van der Waals surface area contributed by atoms with Crippen molar-refractivity contribution in [3.8, 4) is 68.0 Å². The Labute approximate surface area is 320 Å². The van der Waals surface area contributed by atoms with Crippen molar-refractivity contribution in [3.63, 3.8) is 0 Å². The van der Waals surface area contributed by atoms with Crippen LogP contribution in [0.25, 0.3) is 121 Å². The first-order valence-electron chi connectivity index (χ1n) is 18.9. The molecule has 2 heterocycles. The van der Waals surface area contributed by atoms with Crippen LogP contribution in [0.5, 0.6) is 0 Å². The molecule has 2 aliphatic rings. The number of aromatic nitrogens is 2. The van der Waals surface area contributed by atoms with E-state index in [0.717, 1.165) is 54.4 Å². The number of hydrogen-bond donors (Lipinski definition) is 0. The van der Waals surface area contributed by atoms with Gasteiger partial charge in [-0.25, -0.2) is 0 Å². The third kappa shape index (κ3) is 3.48. The molecule has 2 aromatic heterocycles. The minimum absolute atomic E-state index is 0.488. The Bertz CT molecular complexity index is 3500. The maximum absolute atomic E-state index is 11.4. The van der Waals surface area contributed by atoms with E-state index < -0.39 is 0 Å². The molecule has 0 saturated carbocycles. The molecular weight excluding hydrogens is 681 g/mol. The lowest BCUT2D eigenvalue weighted by molar-refractivity contribution is 1.12. The van der Waals surface area contributed by atoms with Crippen LogP contribution in [0.15, 0.2) is 158 Å². The molecule has 13 rings (SSSR count). The fraction of sp³-hybridized carbons (Fsp3) is 0. The Morgan fingerprint density at radius 2 is 0.732 bits per heavy atom. The molecule has 4 nitrogen and oxygen atoms in total. The van der Waals surface area contributed by atoms with Crippen molar-refractivity contribution in [1.82, 2.24) is 9.13 Å². The second-order valence-electron chi connectivity index (χ2n) is 15.0. The van der Waals surface area contributed by atoms with Gasteiger partial charge in [0.05, 0.1) is 45.1 Å². The molecule has 0 atom stereocenters. The molecule has 56 heavy (non-hydrogen) atoms. The number of rotatable bonds is 2. The number of nitrogens with zero attached hydrogens (tertiary/aromatic N) is 4. The average molecular weight is 707 g/mol. The Kier molecular flexibility index (Phi) is 5.48. The monoisotopic (exact) mass is 706 g/mol. The SMILES string of the molecule is N#Cc1cc(-n2c3ccccc3c3cc4c5c(cccc5c32)-c2ccccc2-4)c(C#N)c(-n2c3ccccc3c3cc4c5c(cccc5c32)-c2ccccc2-4)c1. The molecule has 0 spiro atoms. The van der Waals surface area contributed by atoms with Crippen LogP contribution < -0.4 is 0 Å². The average Bonchev–Trinajstić information content (AvgIpc) is 3.98.